The van der Waals surface area contributed by atoms with E-state index in [-0.39, 0.29) is 30.9 Å². The zero-order chi connectivity index (χ0) is 16.1. The minimum atomic E-state index is -0.385. The summed E-state index contributed by atoms with van der Waals surface area (Å²) in [6.45, 7) is 2.00. The smallest absolute Gasteiger partial charge is 0.327 e. The van der Waals surface area contributed by atoms with Crippen LogP contribution in [-0.2, 0) is 14.3 Å². The molecule has 2 aliphatic heterocycles. The van der Waals surface area contributed by atoms with Crippen molar-refractivity contribution >= 4 is 17.8 Å². The standard InChI is InChI=1S/C15H25N3O4/c1-16-10-14(20)18(15(16)21)11-13(19)17-7-4-3-5-12(9-17)6-8-22-2/h12H,3-11H2,1-2H3. The fourth-order valence-corrected chi connectivity index (χ4v) is 3.04. The van der Waals surface area contributed by atoms with E-state index in [9.17, 15) is 14.4 Å². The van der Waals surface area contributed by atoms with Gasteiger partial charge in [0.25, 0.3) is 5.91 Å². The molecule has 7 heteroatoms. The van der Waals surface area contributed by atoms with Crippen molar-refractivity contribution in [1.29, 1.82) is 0 Å². The lowest BCUT2D eigenvalue weighted by molar-refractivity contribution is -0.136. The minimum absolute atomic E-state index is 0.0581. The van der Waals surface area contributed by atoms with Crippen molar-refractivity contribution < 1.29 is 19.1 Å². The van der Waals surface area contributed by atoms with Crippen LogP contribution in [-0.4, -0.2) is 79.5 Å². The maximum atomic E-state index is 12.5. The molecule has 0 aromatic heterocycles. The van der Waals surface area contributed by atoms with E-state index >= 15 is 0 Å². The van der Waals surface area contributed by atoms with Gasteiger partial charge in [-0.05, 0) is 25.2 Å². The van der Waals surface area contributed by atoms with Gasteiger partial charge < -0.3 is 14.5 Å². The van der Waals surface area contributed by atoms with Gasteiger partial charge in [0.05, 0.1) is 0 Å². The second-order valence-electron chi connectivity index (χ2n) is 6.10. The van der Waals surface area contributed by atoms with Crippen molar-refractivity contribution in [2.24, 2.45) is 5.92 Å². The van der Waals surface area contributed by atoms with Crippen LogP contribution in [0.1, 0.15) is 25.7 Å². The Labute approximate surface area is 131 Å². The Balaban J connectivity index is 1.93. The number of hydrogen-bond acceptors (Lipinski definition) is 4. The lowest BCUT2D eigenvalue weighted by Gasteiger charge is -2.26. The van der Waals surface area contributed by atoms with Crippen molar-refractivity contribution in [3.63, 3.8) is 0 Å². The lowest BCUT2D eigenvalue weighted by Crippen LogP contribution is -2.44. The number of likely N-dealkylation sites (tertiary alicyclic amines) is 1. The Morgan fingerprint density at radius 2 is 2.09 bits per heavy atom. The molecule has 1 atom stereocenters. The zero-order valence-electron chi connectivity index (χ0n) is 13.4. The number of methoxy groups -OCH3 is 1. The maximum Gasteiger partial charge on any atom is 0.327 e. The zero-order valence-corrected chi connectivity index (χ0v) is 13.4. The highest BCUT2D eigenvalue weighted by molar-refractivity contribution is 6.04. The van der Waals surface area contributed by atoms with Gasteiger partial charge in [-0.15, -0.1) is 0 Å². The fraction of sp³-hybridized carbons (Fsp3) is 0.800. The third-order valence-electron chi connectivity index (χ3n) is 4.38. The summed E-state index contributed by atoms with van der Waals surface area (Å²) in [5.41, 5.74) is 0. The number of nitrogens with zero attached hydrogens (tertiary/aromatic N) is 3. The molecule has 0 aromatic rings. The van der Waals surface area contributed by atoms with E-state index in [1.54, 1.807) is 19.1 Å². The molecule has 0 saturated carbocycles. The molecule has 0 aliphatic carbocycles. The summed E-state index contributed by atoms with van der Waals surface area (Å²) < 4.78 is 5.12. The second-order valence-corrected chi connectivity index (χ2v) is 6.10. The van der Waals surface area contributed by atoms with E-state index in [0.29, 0.717) is 25.6 Å². The van der Waals surface area contributed by atoms with Gasteiger partial charge in [-0.1, -0.05) is 6.42 Å². The average molecular weight is 311 g/mol. The van der Waals surface area contributed by atoms with Crippen molar-refractivity contribution in [3.05, 3.63) is 0 Å². The molecular formula is C15H25N3O4. The van der Waals surface area contributed by atoms with Crippen molar-refractivity contribution in [2.45, 2.75) is 25.7 Å². The molecule has 0 bridgehead atoms. The number of rotatable bonds is 5. The van der Waals surface area contributed by atoms with Crippen LogP contribution in [0.4, 0.5) is 4.79 Å². The van der Waals surface area contributed by atoms with Gasteiger partial charge in [0, 0.05) is 33.9 Å². The second kappa shape index (κ2) is 7.58. The highest BCUT2D eigenvalue weighted by atomic mass is 16.5. The molecule has 2 heterocycles. The Kier molecular flexibility index (Phi) is 5.76. The molecule has 7 nitrogen and oxygen atoms in total. The Morgan fingerprint density at radius 3 is 2.73 bits per heavy atom. The van der Waals surface area contributed by atoms with Crippen LogP contribution in [0.2, 0.25) is 0 Å². The molecule has 0 radical (unpaired) electrons. The van der Waals surface area contributed by atoms with Crippen LogP contribution < -0.4 is 0 Å². The van der Waals surface area contributed by atoms with Crippen LogP contribution in [0.3, 0.4) is 0 Å². The van der Waals surface area contributed by atoms with Gasteiger partial charge in [0.15, 0.2) is 0 Å². The summed E-state index contributed by atoms with van der Waals surface area (Å²) in [6, 6.07) is -0.385. The number of carbonyl (C=O) groups excluding carboxylic acids is 3. The van der Waals surface area contributed by atoms with E-state index in [1.807, 2.05) is 0 Å². The topological polar surface area (TPSA) is 70.2 Å². The summed E-state index contributed by atoms with van der Waals surface area (Å²) in [6.07, 6.45) is 4.10. The Hall–Kier alpha value is -1.63. The fourth-order valence-electron chi connectivity index (χ4n) is 3.04. The lowest BCUT2D eigenvalue weighted by atomic mass is 10.00. The molecule has 124 valence electrons. The first-order chi connectivity index (χ1) is 10.5. The summed E-state index contributed by atoms with van der Waals surface area (Å²) in [7, 11) is 3.25. The number of ether oxygens (including phenoxy) is 1. The van der Waals surface area contributed by atoms with Crippen LogP contribution in [0, 0.1) is 5.92 Å². The molecule has 2 saturated heterocycles. The van der Waals surface area contributed by atoms with Gasteiger partial charge in [0.2, 0.25) is 5.91 Å². The summed E-state index contributed by atoms with van der Waals surface area (Å²) in [5, 5.41) is 0. The van der Waals surface area contributed by atoms with Crippen LogP contribution in [0.15, 0.2) is 0 Å². The van der Waals surface area contributed by atoms with E-state index in [4.69, 9.17) is 4.74 Å². The highest BCUT2D eigenvalue weighted by Crippen LogP contribution is 2.20. The molecule has 4 amide bonds. The van der Waals surface area contributed by atoms with E-state index in [2.05, 4.69) is 0 Å². The summed E-state index contributed by atoms with van der Waals surface area (Å²) >= 11 is 0. The summed E-state index contributed by atoms with van der Waals surface area (Å²) in [4.78, 5) is 40.3. The van der Waals surface area contributed by atoms with E-state index < -0.39 is 0 Å². The number of carbonyl (C=O) groups is 3. The van der Waals surface area contributed by atoms with Crippen LogP contribution in [0.25, 0.3) is 0 Å². The van der Waals surface area contributed by atoms with Crippen LogP contribution >= 0.6 is 0 Å². The third-order valence-corrected chi connectivity index (χ3v) is 4.38. The van der Waals surface area contributed by atoms with Gasteiger partial charge in [-0.2, -0.15) is 0 Å². The summed E-state index contributed by atoms with van der Waals surface area (Å²) in [5.74, 6) is -0.00743. The van der Waals surface area contributed by atoms with Crippen molar-refractivity contribution in [2.75, 3.05) is 46.9 Å². The highest BCUT2D eigenvalue weighted by Gasteiger charge is 2.36. The molecule has 2 rings (SSSR count). The van der Waals surface area contributed by atoms with Gasteiger partial charge in [-0.25, -0.2) is 4.79 Å². The minimum Gasteiger partial charge on any atom is -0.385 e. The normalized spacial score (nSPS) is 23.2. The quantitative estimate of drug-likeness (QED) is 0.695. The van der Waals surface area contributed by atoms with Crippen LogP contribution in [0.5, 0.6) is 0 Å². The van der Waals surface area contributed by atoms with Crippen molar-refractivity contribution in [1.82, 2.24) is 14.7 Å². The SMILES string of the molecule is COCCC1CCCCN(C(=O)CN2C(=O)CN(C)C2=O)C1. The Morgan fingerprint density at radius 1 is 1.32 bits per heavy atom. The van der Waals surface area contributed by atoms with E-state index in [1.165, 1.54) is 4.90 Å². The molecule has 2 fully saturated rings. The molecule has 2 aliphatic rings. The number of hydrogen-bond donors (Lipinski definition) is 0. The predicted octanol–water partition coefficient (Wildman–Crippen LogP) is 0.546. The third kappa shape index (κ3) is 3.97. The average Bonchev–Trinajstić information content (AvgIpc) is 2.70. The first kappa shape index (κ1) is 16.7. The van der Waals surface area contributed by atoms with Crippen molar-refractivity contribution in [3.8, 4) is 0 Å². The van der Waals surface area contributed by atoms with Gasteiger partial charge in [0.1, 0.15) is 13.1 Å². The monoisotopic (exact) mass is 311 g/mol. The number of amides is 4. The molecule has 0 aromatic carbocycles. The largest absolute Gasteiger partial charge is 0.385 e. The number of likely N-dealkylation sites (N-methyl/N-ethyl adjacent to an activating group) is 1. The number of urea groups is 1. The van der Waals surface area contributed by atoms with Gasteiger partial charge in [-0.3, -0.25) is 14.5 Å². The molecule has 1 unspecified atom stereocenters. The first-order valence-corrected chi connectivity index (χ1v) is 7.85. The molecule has 22 heavy (non-hydrogen) atoms. The van der Waals surface area contributed by atoms with Gasteiger partial charge >= 0.3 is 6.03 Å². The van der Waals surface area contributed by atoms with E-state index in [0.717, 1.165) is 30.6 Å². The molecule has 0 N–H and O–H groups in total. The Bertz CT molecular complexity index is 441. The molecular weight excluding hydrogens is 286 g/mol. The molecule has 0 spiro atoms. The maximum absolute atomic E-state index is 12.5. The first-order valence-electron chi connectivity index (χ1n) is 7.85. The number of imide groups is 1. The predicted molar refractivity (Wildman–Crippen MR) is 80.2 cm³/mol.